The van der Waals surface area contributed by atoms with E-state index in [1.54, 1.807) is 4.90 Å². The van der Waals surface area contributed by atoms with Gasteiger partial charge in [0.15, 0.2) is 17.9 Å². The van der Waals surface area contributed by atoms with Crippen molar-refractivity contribution < 1.29 is 38.0 Å². The van der Waals surface area contributed by atoms with Crippen molar-refractivity contribution in [3.63, 3.8) is 0 Å². The van der Waals surface area contributed by atoms with Crippen LogP contribution >= 0.6 is 0 Å². The molecule has 9 nitrogen and oxygen atoms in total. The number of rotatable bonds is 33. The van der Waals surface area contributed by atoms with Gasteiger partial charge in [0.2, 0.25) is 5.91 Å². The second kappa shape index (κ2) is 27.4. The molecule has 3 aliphatic rings. The molecular weight excluding hydrogens is 695 g/mol. The summed E-state index contributed by atoms with van der Waals surface area (Å²) in [4.78, 5) is 28.2. The average Bonchev–Trinajstić information content (AvgIpc) is 3.65. The van der Waals surface area contributed by atoms with Crippen LogP contribution in [-0.4, -0.2) is 78.8 Å². The summed E-state index contributed by atoms with van der Waals surface area (Å²) in [7, 11) is 0. The lowest BCUT2D eigenvalue weighted by Crippen LogP contribution is -2.58. The molecule has 0 aromatic rings. The van der Waals surface area contributed by atoms with Gasteiger partial charge >= 0.3 is 5.97 Å². The summed E-state index contributed by atoms with van der Waals surface area (Å²) in [6.45, 7) is 12.9. The minimum Gasteiger partial charge on any atom is -0.464 e. The molecule has 0 radical (unpaired) electrons. The van der Waals surface area contributed by atoms with Crippen molar-refractivity contribution in [1.82, 2.24) is 4.90 Å². The maximum absolute atomic E-state index is 13.8. The average molecular weight is 780 g/mol. The van der Waals surface area contributed by atoms with E-state index in [1.807, 2.05) is 27.7 Å². The van der Waals surface area contributed by atoms with Gasteiger partial charge in [-0.1, -0.05) is 168 Å². The molecule has 0 unspecified atom stereocenters. The minimum absolute atomic E-state index is 0.0555. The highest BCUT2D eigenvalue weighted by Crippen LogP contribution is 2.44. The topological polar surface area (TPSA) is 92.8 Å². The van der Waals surface area contributed by atoms with E-state index in [0.29, 0.717) is 25.9 Å². The molecule has 0 aromatic heterocycles. The number of carbonyl (C=O) groups is 2. The summed E-state index contributed by atoms with van der Waals surface area (Å²) >= 11 is 0. The molecule has 0 N–H and O–H groups in total. The van der Waals surface area contributed by atoms with Gasteiger partial charge in [-0.3, -0.25) is 9.59 Å². The monoisotopic (exact) mass is 780 g/mol. The Morgan fingerprint density at radius 3 is 1.40 bits per heavy atom. The zero-order chi connectivity index (χ0) is 39.8. The first kappa shape index (κ1) is 48.1. The van der Waals surface area contributed by atoms with Gasteiger partial charge in [-0.05, 0) is 40.5 Å². The van der Waals surface area contributed by atoms with Gasteiger partial charge in [-0.25, -0.2) is 0 Å². The first-order valence-electron chi connectivity index (χ1n) is 23.4. The lowest BCUT2D eigenvalue weighted by molar-refractivity contribution is -0.236. The number of hydrogen-bond acceptors (Lipinski definition) is 8. The first-order valence-corrected chi connectivity index (χ1v) is 23.4. The molecule has 3 saturated heterocycles. The third-order valence-corrected chi connectivity index (χ3v) is 11.6. The van der Waals surface area contributed by atoms with Gasteiger partial charge in [-0.15, -0.1) is 0 Å². The van der Waals surface area contributed by atoms with E-state index in [-0.39, 0.29) is 24.6 Å². The maximum atomic E-state index is 13.8. The Balaban J connectivity index is 1.39. The van der Waals surface area contributed by atoms with Crippen LogP contribution in [-0.2, 0) is 38.0 Å². The Labute approximate surface area is 337 Å². The van der Waals surface area contributed by atoms with Crippen molar-refractivity contribution in [2.45, 2.75) is 264 Å². The van der Waals surface area contributed by atoms with Gasteiger partial charge in [0.25, 0.3) is 0 Å². The molecule has 0 spiro atoms. The normalized spacial score (nSPS) is 23.8. The van der Waals surface area contributed by atoms with Crippen LogP contribution in [0.4, 0.5) is 0 Å². The van der Waals surface area contributed by atoms with Crippen LogP contribution < -0.4 is 0 Å². The van der Waals surface area contributed by atoms with Gasteiger partial charge in [-0.2, -0.15) is 0 Å². The van der Waals surface area contributed by atoms with E-state index in [0.717, 1.165) is 32.1 Å². The molecule has 5 atom stereocenters. The lowest BCUT2D eigenvalue weighted by atomic mass is 9.98. The number of nitrogens with zero attached hydrogens (tertiary/aromatic N) is 1. The summed E-state index contributed by atoms with van der Waals surface area (Å²) in [6.07, 6.45) is 31.5. The molecule has 0 saturated carbocycles. The number of hydrogen-bond donors (Lipinski definition) is 0. The largest absolute Gasteiger partial charge is 0.464 e. The molecule has 3 heterocycles. The SMILES string of the molecule is CCCCCCCCCCCCCCCC(=O)OCCN(C[C@H]1O[C@@H]2OC(C)(C)O[C@@H]2[C@H]2OC(C)(C)O[C@H]21)C(=O)CCCCCCCCCCCCCCC. The summed E-state index contributed by atoms with van der Waals surface area (Å²) in [5.41, 5.74) is 0. The summed E-state index contributed by atoms with van der Waals surface area (Å²) < 4.78 is 37.1. The maximum Gasteiger partial charge on any atom is 0.305 e. The standard InChI is InChI=1S/C46H85NO8/c1-7-9-11-13-15-17-19-21-23-25-27-29-31-33-39(48)47(35-36-50-40(49)34-32-30-28-26-24-22-20-18-16-14-12-10-8-2)37-38-41-42(53-45(3,4)52-41)43-44(51-38)55-46(5,6)54-43/h38,41-44H,7-37H2,1-6H3/t38-,41+,42+,43-,44-/m1/s1. The summed E-state index contributed by atoms with van der Waals surface area (Å²) in [6, 6.07) is 0. The Kier molecular flexibility index (Phi) is 24.0. The van der Waals surface area contributed by atoms with Gasteiger partial charge in [0.1, 0.15) is 31.0 Å². The Morgan fingerprint density at radius 2 is 0.909 bits per heavy atom. The minimum atomic E-state index is -0.811. The van der Waals surface area contributed by atoms with Crippen LogP contribution in [0.2, 0.25) is 0 Å². The molecule has 0 bridgehead atoms. The fourth-order valence-corrected chi connectivity index (χ4v) is 8.46. The number of esters is 1. The van der Waals surface area contributed by atoms with Gasteiger partial charge in [0, 0.05) is 19.4 Å². The van der Waals surface area contributed by atoms with E-state index in [2.05, 4.69) is 13.8 Å². The van der Waals surface area contributed by atoms with Crippen molar-refractivity contribution in [3.8, 4) is 0 Å². The van der Waals surface area contributed by atoms with Crippen LogP contribution in [0.1, 0.15) is 221 Å². The van der Waals surface area contributed by atoms with Crippen LogP contribution in [0.25, 0.3) is 0 Å². The molecule has 3 aliphatic heterocycles. The Morgan fingerprint density at radius 1 is 0.509 bits per heavy atom. The highest BCUT2D eigenvalue weighted by molar-refractivity contribution is 5.76. The van der Waals surface area contributed by atoms with Crippen molar-refractivity contribution in [3.05, 3.63) is 0 Å². The van der Waals surface area contributed by atoms with E-state index in [9.17, 15) is 9.59 Å². The number of ether oxygens (including phenoxy) is 6. The summed E-state index contributed by atoms with van der Waals surface area (Å²) in [5, 5.41) is 0. The van der Waals surface area contributed by atoms with E-state index >= 15 is 0 Å². The van der Waals surface area contributed by atoms with Crippen LogP contribution in [0, 0.1) is 0 Å². The van der Waals surface area contributed by atoms with Crippen molar-refractivity contribution in [1.29, 1.82) is 0 Å². The quantitative estimate of drug-likeness (QED) is 0.0480. The third-order valence-electron chi connectivity index (χ3n) is 11.6. The summed E-state index contributed by atoms with van der Waals surface area (Å²) in [5.74, 6) is -1.75. The molecule has 322 valence electrons. The number of unbranched alkanes of at least 4 members (excludes halogenated alkanes) is 24. The molecule has 3 fully saturated rings. The Bertz CT molecular complexity index is 1020. The highest BCUT2D eigenvalue weighted by Gasteiger charge is 2.60. The van der Waals surface area contributed by atoms with E-state index in [1.165, 1.54) is 135 Å². The molecule has 3 rings (SSSR count). The molecule has 55 heavy (non-hydrogen) atoms. The highest BCUT2D eigenvalue weighted by atomic mass is 16.9. The predicted octanol–water partition coefficient (Wildman–Crippen LogP) is 11.7. The van der Waals surface area contributed by atoms with Crippen LogP contribution in [0.5, 0.6) is 0 Å². The zero-order valence-corrected chi connectivity index (χ0v) is 36.5. The lowest BCUT2D eigenvalue weighted by Gasteiger charge is -2.39. The number of fused-ring (bicyclic) bond motifs is 3. The van der Waals surface area contributed by atoms with Gasteiger partial charge in [0.05, 0.1) is 6.54 Å². The van der Waals surface area contributed by atoms with Crippen molar-refractivity contribution >= 4 is 11.9 Å². The molecule has 1 amide bonds. The first-order chi connectivity index (χ1) is 26.5. The second-order valence-corrected chi connectivity index (χ2v) is 17.8. The third kappa shape index (κ3) is 19.8. The zero-order valence-electron chi connectivity index (χ0n) is 36.5. The molecule has 9 heteroatoms. The molecule has 0 aromatic carbocycles. The van der Waals surface area contributed by atoms with Crippen molar-refractivity contribution in [2.75, 3.05) is 19.7 Å². The number of amides is 1. The molecular formula is C46H85NO8. The van der Waals surface area contributed by atoms with Crippen LogP contribution in [0.15, 0.2) is 0 Å². The molecule has 0 aliphatic carbocycles. The van der Waals surface area contributed by atoms with E-state index < -0.39 is 36.2 Å². The second-order valence-electron chi connectivity index (χ2n) is 17.8. The Hall–Kier alpha value is -1.26. The van der Waals surface area contributed by atoms with E-state index in [4.69, 9.17) is 28.4 Å². The van der Waals surface area contributed by atoms with Gasteiger partial charge < -0.3 is 33.3 Å². The van der Waals surface area contributed by atoms with Crippen LogP contribution in [0.3, 0.4) is 0 Å². The fraction of sp³-hybridized carbons (Fsp3) is 0.957. The van der Waals surface area contributed by atoms with Crippen molar-refractivity contribution in [2.24, 2.45) is 0 Å². The predicted molar refractivity (Wildman–Crippen MR) is 221 cm³/mol. The fourth-order valence-electron chi connectivity index (χ4n) is 8.46. The number of carbonyl (C=O) groups excluding carboxylic acids is 2. The smallest absolute Gasteiger partial charge is 0.305 e.